The van der Waals surface area contributed by atoms with E-state index in [1.807, 2.05) is 34.7 Å². The lowest BCUT2D eigenvalue weighted by Crippen LogP contribution is -2.42. The van der Waals surface area contributed by atoms with Gasteiger partial charge in [-0.1, -0.05) is 34.1 Å². The van der Waals surface area contributed by atoms with Crippen LogP contribution in [0.1, 0.15) is 94.7 Å². The molecule has 0 saturated heterocycles. The van der Waals surface area contributed by atoms with Crippen molar-refractivity contribution in [3.8, 4) is 0 Å². The number of nitrogens with one attached hydrogen (secondary N) is 1. The molecule has 0 radical (unpaired) electrons. The lowest BCUT2D eigenvalue weighted by atomic mass is 9.95. The first-order chi connectivity index (χ1) is 16.8. The van der Waals surface area contributed by atoms with Crippen molar-refractivity contribution in [3.05, 3.63) is 16.1 Å². The zero-order valence-electron chi connectivity index (χ0n) is 22.7. The van der Waals surface area contributed by atoms with Gasteiger partial charge in [0.1, 0.15) is 5.01 Å². The highest BCUT2D eigenvalue weighted by Gasteiger charge is 2.30. The van der Waals surface area contributed by atoms with E-state index in [-0.39, 0.29) is 35.4 Å². The third-order valence-corrected chi connectivity index (χ3v) is 6.31. The van der Waals surface area contributed by atoms with Gasteiger partial charge in [-0.3, -0.25) is 14.4 Å². The summed E-state index contributed by atoms with van der Waals surface area (Å²) in [5, 5.41) is 13.9. The molecule has 206 valence electrons. The van der Waals surface area contributed by atoms with Gasteiger partial charge in [-0.25, -0.2) is 9.78 Å². The fourth-order valence-electron chi connectivity index (χ4n) is 3.49. The van der Waals surface area contributed by atoms with Crippen molar-refractivity contribution in [1.82, 2.24) is 15.2 Å². The zero-order chi connectivity index (χ0) is 27.8. The first kappa shape index (κ1) is 33.5. The smallest absolute Gasteiger partial charge is 0.355 e. The van der Waals surface area contributed by atoms with Gasteiger partial charge in [0.2, 0.25) is 11.8 Å². The predicted molar refractivity (Wildman–Crippen MR) is 141 cm³/mol. The van der Waals surface area contributed by atoms with Crippen LogP contribution in [-0.4, -0.2) is 65.4 Å². The van der Waals surface area contributed by atoms with E-state index in [0.717, 1.165) is 37.1 Å². The molecule has 0 aliphatic rings. The lowest BCUT2D eigenvalue weighted by Gasteiger charge is -2.34. The summed E-state index contributed by atoms with van der Waals surface area (Å²) in [5.74, 6) is -1.37. The second-order valence-corrected chi connectivity index (χ2v) is 10.4. The van der Waals surface area contributed by atoms with Crippen LogP contribution in [0.3, 0.4) is 0 Å². The summed E-state index contributed by atoms with van der Waals surface area (Å²) in [6.07, 6.45) is 3.80. The molecule has 1 aromatic heterocycles. The standard InChI is InChI=1S/C18H28N2O5S.C7H16N2O/c1-10(2)7-16(22)20(6)14(11(3)4)8-15(25-12(5)21)17-19-13(9-26-17)18(23)24;1-9-6-4-2-3-5-7(8)10/h9-11,14-15H,7-8H2,1-6H3,(H,23,24);9H,2-6H2,1H3,(H2,8,10). The Kier molecular flexibility index (Phi) is 16.6. The van der Waals surface area contributed by atoms with Crippen LogP contribution in [0.25, 0.3) is 0 Å². The number of carboxylic acid groups (broad SMARTS) is 1. The molecule has 0 aliphatic heterocycles. The average molecular weight is 529 g/mol. The highest BCUT2D eigenvalue weighted by atomic mass is 32.1. The molecule has 4 N–H and O–H groups in total. The van der Waals surface area contributed by atoms with Gasteiger partial charge >= 0.3 is 11.9 Å². The molecular formula is C25H44N4O6S. The number of nitrogens with two attached hydrogens (primary N) is 1. The molecule has 1 rings (SSSR count). The quantitative estimate of drug-likeness (QED) is 0.231. The predicted octanol–water partition coefficient (Wildman–Crippen LogP) is 3.62. The topological polar surface area (TPSA) is 152 Å². The normalized spacial score (nSPS) is 12.5. The van der Waals surface area contributed by atoms with E-state index < -0.39 is 18.0 Å². The van der Waals surface area contributed by atoms with Crippen LogP contribution in [0.4, 0.5) is 0 Å². The highest BCUT2D eigenvalue weighted by Crippen LogP contribution is 2.30. The number of carbonyl (C=O) groups excluding carboxylic acids is 3. The molecule has 2 amide bonds. The van der Waals surface area contributed by atoms with Gasteiger partial charge in [0.15, 0.2) is 11.8 Å². The largest absolute Gasteiger partial charge is 0.476 e. The first-order valence-electron chi connectivity index (χ1n) is 12.3. The summed E-state index contributed by atoms with van der Waals surface area (Å²) in [5.41, 5.74) is 4.88. The SMILES string of the molecule is CC(=O)OC(CC(C(C)C)N(C)C(=O)CC(C)C)c1nc(C(=O)O)cs1.CNCCCCCC(N)=O. The Balaban J connectivity index is 0.00000103. The van der Waals surface area contributed by atoms with Gasteiger partial charge in [0.25, 0.3) is 0 Å². The van der Waals surface area contributed by atoms with Crippen LogP contribution in [0.15, 0.2) is 5.38 Å². The molecule has 11 heteroatoms. The van der Waals surface area contributed by atoms with Crippen molar-refractivity contribution < 1.29 is 29.0 Å². The number of rotatable bonds is 15. The molecule has 1 heterocycles. The fraction of sp³-hybridized carbons (Fsp3) is 0.720. The minimum absolute atomic E-state index is 0.0330. The summed E-state index contributed by atoms with van der Waals surface area (Å²) in [6, 6.07) is -0.164. The van der Waals surface area contributed by atoms with E-state index in [9.17, 15) is 19.2 Å². The Bertz CT molecular complexity index is 827. The fourth-order valence-corrected chi connectivity index (χ4v) is 4.32. The number of amides is 2. The molecule has 0 aliphatic carbocycles. The van der Waals surface area contributed by atoms with Crippen molar-refractivity contribution in [3.63, 3.8) is 0 Å². The van der Waals surface area contributed by atoms with E-state index in [1.165, 1.54) is 12.3 Å². The summed E-state index contributed by atoms with van der Waals surface area (Å²) < 4.78 is 5.40. The van der Waals surface area contributed by atoms with E-state index in [1.54, 1.807) is 11.9 Å². The number of thiazole rings is 1. The molecule has 10 nitrogen and oxygen atoms in total. The highest BCUT2D eigenvalue weighted by molar-refractivity contribution is 7.09. The maximum absolute atomic E-state index is 12.5. The van der Waals surface area contributed by atoms with Gasteiger partial charge in [-0.05, 0) is 38.3 Å². The molecule has 36 heavy (non-hydrogen) atoms. The van der Waals surface area contributed by atoms with Gasteiger partial charge in [-0.2, -0.15) is 0 Å². The van der Waals surface area contributed by atoms with Crippen LogP contribution in [0, 0.1) is 11.8 Å². The number of hydrogen-bond acceptors (Lipinski definition) is 8. The Morgan fingerprint density at radius 3 is 2.25 bits per heavy atom. The maximum atomic E-state index is 12.5. The summed E-state index contributed by atoms with van der Waals surface area (Å²) in [4.78, 5) is 51.1. The molecule has 0 aromatic carbocycles. The molecule has 0 bridgehead atoms. The third kappa shape index (κ3) is 14.1. The zero-order valence-corrected chi connectivity index (χ0v) is 23.5. The number of carbonyl (C=O) groups is 4. The Hall–Kier alpha value is -2.53. The second kappa shape index (κ2) is 17.8. The van der Waals surface area contributed by atoms with E-state index in [0.29, 0.717) is 24.3 Å². The Morgan fingerprint density at radius 1 is 1.17 bits per heavy atom. The first-order valence-corrected chi connectivity index (χ1v) is 13.2. The molecule has 0 spiro atoms. The molecule has 0 saturated carbocycles. The number of unbranched alkanes of at least 4 members (excludes halogenated alkanes) is 2. The van der Waals surface area contributed by atoms with E-state index >= 15 is 0 Å². The van der Waals surface area contributed by atoms with Crippen LogP contribution < -0.4 is 11.1 Å². The lowest BCUT2D eigenvalue weighted by molar-refractivity contribution is -0.148. The molecular weight excluding hydrogens is 484 g/mol. The maximum Gasteiger partial charge on any atom is 0.355 e. The van der Waals surface area contributed by atoms with Gasteiger partial charge in [0, 0.05) is 44.7 Å². The number of carboxylic acids is 1. The van der Waals surface area contributed by atoms with Crippen LogP contribution in [0.2, 0.25) is 0 Å². The van der Waals surface area contributed by atoms with Gasteiger partial charge in [-0.15, -0.1) is 11.3 Å². The van der Waals surface area contributed by atoms with E-state index in [2.05, 4.69) is 10.3 Å². The minimum atomic E-state index is -1.13. The van der Waals surface area contributed by atoms with Crippen molar-refractivity contribution in [1.29, 1.82) is 0 Å². The van der Waals surface area contributed by atoms with Crippen molar-refractivity contribution >= 4 is 35.1 Å². The number of ether oxygens (including phenoxy) is 1. The Morgan fingerprint density at radius 2 is 1.81 bits per heavy atom. The number of nitrogens with zero attached hydrogens (tertiary/aromatic N) is 2. The Labute approximate surface area is 219 Å². The van der Waals surface area contributed by atoms with Crippen molar-refractivity contribution in [2.24, 2.45) is 17.6 Å². The number of primary amides is 1. The number of esters is 1. The van der Waals surface area contributed by atoms with Gasteiger partial charge < -0.3 is 25.8 Å². The third-order valence-electron chi connectivity index (χ3n) is 5.37. The summed E-state index contributed by atoms with van der Waals surface area (Å²) >= 11 is 1.14. The number of aromatic nitrogens is 1. The molecule has 2 atom stereocenters. The summed E-state index contributed by atoms with van der Waals surface area (Å²) in [7, 11) is 3.68. The second-order valence-electron chi connectivity index (χ2n) is 9.50. The molecule has 1 aromatic rings. The van der Waals surface area contributed by atoms with Crippen LogP contribution in [-0.2, 0) is 19.1 Å². The minimum Gasteiger partial charge on any atom is -0.476 e. The van der Waals surface area contributed by atoms with Gasteiger partial charge in [0.05, 0.1) is 0 Å². The molecule has 0 fully saturated rings. The van der Waals surface area contributed by atoms with Crippen molar-refractivity contribution in [2.75, 3.05) is 20.6 Å². The van der Waals surface area contributed by atoms with Crippen LogP contribution >= 0.6 is 11.3 Å². The number of hydrogen-bond donors (Lipinski definition) is 3. The van der Waals surface area contributed by atoms with Crippen LogP contribution in [0.5, 0.6) is 0 Å². The monoisotopic (exact) mass is 528 g/mol. The van der Waals surface area contributed by atoms with Crippen molar-refractivity contribution in [2.45, 2.75) is 85.3 Å². The van der Waals surface area contributed by atoms with E-state index in [4.69, 9.17) is 15.6 Å². The average Bonchev–Trinajstić information content (AvgIpc) is 3.26. The summed E-state index contributed by atoms with van der Waals surface area (Å²) in [6.45, 7) is 10.3. The molecule has 2 unspecified atom stereocenters. The number of aromatic carboxylic acids is 1.